The summed E-state index contributed by atoms with van der Waals surface area (Å²) in [5, 5.41) is 12.3. The van der Waals surface area contributed by atoms with Crippen LogP contribution in [-0.2, 0) is 4.79 Å². The minimum absolute atomic E-state index is 0.136. The largest absolute Gasteiger partial charge is 0.387 e. The van der Waals surface area contributed by atoms with Crippen LogP contribution in [0.4, 0.5) is 8.78 Å². The van der Waals surface area contributed by atoms with Gasteiger partial charge in [0.15, 0.2) is 11.6 Å². The lowest BCUT2D eigenvalue weighted by Crippen LogP contribution is -2.36. The standard InChI is InChI=1S/C13H13Cl2F2NO2/c1-12(6-13(12,14)15)11(20)18-5-10(19)7-2-3-8(16)9(17)4-7/h2-4,10,19H,5-6H2,1H3,(H,18,20). The summed E-state index contributed by atoms with van der Waals surface area (Å²) in [5.74, 6) is -2.43. The molecule has 3 nitrogen and oxygen atoms in total. The molecule has 1 aliphatic carbocycles. The minimum atomic E-state index is -1.14. The van der Waals surface area contributed by atoms with Gasteiger partial charge in [0, 0.05) is 6.54 Å². The van der Waals surface area contributed by atoms with Crippen LogP contribution in [0.25, 0.3) is 0 Å². The molecule has 0 radical (unpaired) electrons. The predicted octanol–water partition coefficient (Wildman–Crippen LogP) is 2.70. The summed E-state index contributed by atoms with van der Waals surface area (Å²) in [4.78, 5) is 11.9. The summed E-state index contributed by atoms with van der Waals surface area (Å²) >= 11 is 11.7. The molecule has 0 saturated heterocycles. The normalized spacial score (nSPS) is 25.1. The molecule has 110 valence electrons. The fraction of sp³-hybridized carbons (Fsp3) is 0.462. The van der Waals surface area contributed by atoms with Crippen LogP contribution in [0, 0.1) is 17.0 Å². The highest BCUT2D eigenvalue weighted by atomic mass is 35.5. The first kappa shape index (κ1) is 15.5. The summed E-state index contributed by atoms with van der Waals surface area (Å²) in [6, 6.07) is 3.06. The maximum Gasteiger partial charge on any atom is 0.229 e. The van der Waals surface area contributed by atoms with Crippen molar-refractivity contribution >= 4 is 29.1 Å². The van der Waals surface area contributed by atoms with Gasteiger partial charge in [-0.1, -0.05) is 6.07 Å². The zero-order valence-electron chi connectivity index (χ0n) is 10.6. The van der Waals surface area contributed by atoms with E-state index in [2.05, 4.69) is 5.32 Å². The van der Waals surface area contributed by atoms with Gasteiger partial charge in [-0.15, -0.1) is 23.2 Å². The zero-order chi connectivity index (χ0) is 15.1. The molecule has 20 heavy (non-hydrogen) atoms. The molecule has 1 aromatic rings. The first-order valence-electron chi connectivity index (χ1n) is 5.96. The highest BCUT2D eigenvalue weighted by Gasteiger charge is 2.67. The maximum absolute atomic E-state index is 13.0. The van der Waals surface area contributed by atoms with E-state index < -0.39 is 27.5 Å². The Kier molecular flexibility index (Phi) is 3.97. The number of rotatable bonds is 4. The maximum atomic E-state index is 13.0. The van der Waals surface area contributed by atoms with Crippen LogP contribution < -0.4 is 5.32 Å². The van der Waals surface area contributed by atoms with E-state index in [9.17, 15) is 18.7 Å². The molecule has 1 saturated carbocycles. The third-order valence-corrected chi connectivity index (χ3v) is 4.64. The minimum Gasteiger partial charge on any atom is -0.387 e. The highest BCUT2D eigenvalue weighted by Crippen LogP contribution is 2.63. The average molecular weight is 324 g/mol. The number of hydrogen-bond donors (Lipinski definition) is 2. The van der Waals surface area contributed by atoms with Crippen LogP contribution in [0.15, 0.2) is 18.2 Å². The van der Waals surface area contributed by atoms with Gasteiger partial charge in [-0.3, -0.25) is 4.79 Å². The number of halogens is 4. The predicted molar refractivity (Wildman–Crippen MR) is 71.5 cm³/mol. The van der Waals surface area contributed by atoms with Gasteiger partial charge in [0.2, 0.25) is 5.91 Å². The van der Waals surface area contributed by atoms with Crippen LogP contribution >= 0.6 is 23.2 Å². The lowest BCUT2D eigenvalue weighted by Gasteiger charge is -2.16. The molecule has 1 aliphatic rings. The molecular formula is C13H13Cl2F2NO2. The third-order valence-electron chi connectivity index (χ3n) is 3.54. The van der Waals surface area contributed by atoms with Crippen molar-refractivity contribution in [3.8, 4) is 0 Å². The van der Waals surface area contributed by atoms with Gasteiger partial charge >= 0.3 is 0 Å². The number of aliphatic hydroxyl groups is 1. The molecule has 2 atom stereocenters. The first-order chi connectivity index (χ1) is 9.17. The number of carbonyl (C=O) groups excluding carboxylic acids is 1. The van der Waals surface area contributed by atoms with Crippen molar-refractivity contribution in [2.24, 2.45) is 5.41 Å². The summed E-state index contributed by atoms with van der Waals surface area (Å²) in [6.07, 6.45) is -0.813. The Morgan fingerprint density at radius 3 is 2.55 bits per heavy atom. The van der Waals surface area contributed by atoms with Gasteiger partial charge in [0.1, 0.15) is 4.33 Å². The number of benzene rings is 1. The fourth-order valence-electron chi connectivity index (χ4n) is 1.87. The number of amides is 1. The molecule has 1 fully saturated rings. The lowest BCUT2D eigenvalue weighted by atomic mass is 10.1. The van der Waals surface area contributed by atoms with Gasteiger partial charge < -0.3 is 10.4 Å². The summed E-state index contributed by atoms with van der Waals surface area (Å²) in [7, 11) is 0. The Balaban J connectivity index is 1.94. The average Bonchev–Trinajstić information content (AvgIpc) is 2.90. The van der Waals surface area contributed by atoms with Crippen molar-refractivity contribution in [2.75, 3.05) is 6.54 Å². The molecule has 7 heteroatoms. The Bertz CT molecular complexity index is 553. The van der Waals surface area contributed by atoms with Crippen molar-refractivity contribution < 1.29 is 18.7 Å². The number of nitrogens with one attached hydrogen (secondary N) is 1. The van der Waals surface area contributed by atoms with Crippen LogP contribution in [-0.4, -0.2) is 21.9 Å². The number of alkyl halides is 2. The van der Waals surface area contributed by atoms with E-state index >= 15 is 0 Å². The zero-order valence-corrected chi connectivity index (χ0v) is 12.1. The number of aliphatic hydroxyl groups excluding tert-OH is 1. The molecule has 0 spiro atoms. The van der Waals surface area contributed by atoms with Crippen molar-refractivity contribution in [2.45, 2.75) is 23.8 Å². The van der Waals surface area contributed by atoms with E-state index in [4.69, 9.17) is 23.2 Å². The second-order valence-corrected chi connectivity index (χ2v) is 6.60. The SMILES string of the molecule is CC1(C(=O)NCC(O)c2ccc(F)c(F)c2)CC1(Cl)Cl. The summed E-state index contributed by atoms with van der Waals surface area (Å²) < 4.78 is 24.7. The van der Waals surface area contributed by atoms with Gasteiger partial charge in [-0.2, -0.15) is 0 Å². The molecule has 1 amide bonds. The van der Waals surface area contributed by atoms with E-state index in [-0.39, 0.29) is 18.0 Å². The molecule has 2 N–H and O–H groups in total. The van der Waals surface area contributed by atoms with Gasteiger partial charge in [0.05, 0.1) is 11.5 Å². The van der Waals surface area contributed by atoms with Gasteiger partial charge in [-0.05, 0) is 31.0 Å². The van der Waals surface area contributed by atoms with Crippen molar-refractivity contribution in [3.05, 3.63) is 35.4 Å². The quantitative estimate of drug-likeness (QED) is 0.837. The molecule has 2 unspecified atom stereocenters. The van der Waals surface area contributed by atoms with Crippen LogP contribution in [0.5, 0.6) is 0 Å². The fourth-order valence-corrected chi connectivity index (χ4v) is 2.57. The van der Waals surface area contributed by atoms with Crippen LogP contribution in [0.2, 0.25) is 0 Å². The first-order valence-corrected chi connectivity index (χ1v) is 6.72. The Morgan fingerprint density at radius 2 is 2.05 bits per heavy atom. The van der Waals surface area contributed by atoms with Crippen molar-refractivity contribution in [1.82, 2.24) is 5.32 Å². The van der Waals surface area contributed by atoms with Gasteiger partial charge in [0.25, 0.3) is 0 Å². The summed E-state index contributed by atoms with van der Waals surface area (Å²) in [6.45, 7) is 1.48. The van der Waals surface area contributed by atoms with Crippen LogP contribution in [0.3, 0.4) is 0 Å². The van der Waals surface area contributed by atoms with Crippen LogP contribution in [0.1, 0.15) is 25.0 Å². The molecular weight excluding hydrogens is 311 g/mol. The molecule has 0 heterocycles. The van der Waals surface area contributed by atoms with E-state index in [0.717, 1.165) is 12.1 Å². The molecule has 0 aromatic heterocycles. The molecule has 1 aromatic carbocycles. The highest BCUT2D eigenvalue weighted by molar-refractivity contribution is 6.53. The van der Waals surface area contributed by atoms with E-state index in [1.807, 2.05) is 0 Å². The number of carbonyl (C=O) groups is 1. The molecule has 2 rings (SSSR count). The number of hydrogen-bond acceptors (Lipinski definition) is 2. The second kappa shape index (κ2) is 5.13. The summed E-state index contributed by atoms with van der Waals surface area (Å²) in [5.41, 5.74) is -0.711. The molecule has 0 bridgehead atoms. The monoisotopic (exact) mass is 323 g/mol. The lowest BCUT2D eigenvalue weighted by molar-refractivity contribution is -0.126. The van der Waals surface area contributed by atoms with E-state index in [0.29, 0.717) is 6.42 Å². The van der Waals surface area contributed by atoms with Crippen molar-refractivity contribution in [3.63, 3.8) is 0 Å². The van der Waals surface area contributed by atoms with Crippen molar-refractivity contribution in [1.29, 1.82) is 0 Å². The topological polar surface area (TPSA) is 49.3 Å². The van der Waals surface area contributed by atoms with E-state index in [1.54, 1.807) is 6.92 Å². The Labute approximate surface area is 124 Å². The van der Waals surface area contributed by atoms with E-state index in [1.165, 1.54) is 6.07 Å². The Hall–Kier alpha value is -0.910. The Morgan fingerprint density at radius 1 is 1.45 bits per heavy atom. The smallest absolute Gasteiger partial charge is 0.229 e. The van der Waals surface area contributed by atoms with Gasteiger partial charge in [-0.25, -0.2) is 8.78 Å². The second-order valence-electron chi connectivity index (χ2n) is 5.11. The third kappa shape index (κ3) is 2.75. The molecule has 0 aliphatic heterocycles.